The maximum atomic E-state index is 5.57. The summed E-state index contributed by atoms with van der Waals surface area (Å²) in [5.41, 5.74) is 0. The SMILES string of the molecule is CC(C)N(C(=S)SC(=S)N(C(C)C)C(C)C)C(C)C. The fourth-order valence-corrected chi connectivity index (χ4v) is 4.89. The van der Waals surface area contributed by atoms with Gasteiger partial charge in [0.25, 0.3) is 0 Å². The summed E-state index contributed by atoms with van der Waals surface area (Å²) >= 11 is 12.7. The number of thioether (sulfide) groups is 1. The van der Waals surface area contributed by atoms with Gasteiger partial charge in [-0.3, -0.25) is 0 Å². The van der Waals surface area contributed by atoms with Crippen molar-refractivity contribution in [2.75, 3.05) is 0 Å². The summed E-state index contributed by atoms with van der Waals surface area (Å²) in [4.78, 5) is 4.48. The van der Waals surface area contributed by atoms with Crippen LogP contribution >= 0.6 is 36.2 Å². The minimum Gasteiger partial charge on any atom is -0.352 e. The van der Waals surface area contributed by atoms with Gasteiger partial charge in [0.2, 0.25) is 0 Å². The zero-order valence-electron chi connectivity index (χ0n) is 13.4. The van der Waals surface area contributed by atoms with E-state index in [2.05, 4.69) is 65.2 Å². The van der Waals surface area contributed by atoms with Crippen LogP contribution in [0.15, 0.2) is 0 Å². The molecular weight excluding hydrogens is 292 g/mol. The summed E-state index contributed by atoms with van der Waals surface area (Å²) in [6, 6.07) is 1.59. The van der Waals surface area contributed by atoms with Crippen LogP contribution in [0.1, 0.15) is 55.4 Å². The lowest BCUT2D eigenvalue weighted by molar-refractivity contribution is 0.300. The topological polar surface area (TPSA) is 6.48 Å². The Morgan fingerprint density at radius 1 is 0.632 bits per heavy atom. The third-order valence-electron chi connectivity index (χ3n) is 2.82. The van der Waals surface area contributed by atoms with Crippen molar-refractivity contribution in [2.45, 2.75) is 79.6 Å². The maximum Gasteiger partial charge on any atom is 0.143 e. The Kier molecular flexibility index (Phi) is 8.48. The molecule has 0 heterocycles. The molecule has 0 bridgehead atoms. The van der Waals surface area contributed by atoms with Gasteiger partial charge < -0.3 is 9.80 Å². The number of hydrogen-bond donors (Lipinski definition) is 0. The fourth-order valence-electron chi connectivity index (χ4n) is 2.22. The quantitative estimate of drug-likeness (QED) is 0.700. The highest BCUT2D eigenvalue weighted by Gasteiger charge is 2.23. The normalized spacial score (nSPS) is 11.6. The second-order valence-electron chi connectivity index (χ2n) is 5.82. The molecule has 5 heteroatoms. The number of thiocarbonyl (C=S) groups is 2. The van der Waals surface area contributed by atoms with Crippen molar-refractivity contribution in [3.63, 3.8) is 0 Å². The van der Waals surface area contributed by atoms with Crippen molar-refractivity contribution in [3.05, 3.63) is 0 Å². The average Bonchev–Trinajstić information content (AvgIpc) is 2.13. The Hall–Kier alpha value is 0.130. The van der Waals surface area contributed by atoms with Gasteiger partial charge in [-0.2, -0.15) is 0 Å². The van der Waals surface area contributed by atoms with Crippen LogP contribution in [0, 0.1) is 0 Å². The van der Waals surface area contributed by atoms with Gasteiger partial charge in [-0.25, -0.2) is 0 Å². The predicted molar refractivity (Wildman–Crippen MR) is 97.0 cm³/mol. The number of rotatable bonds is 4. The highest BCUT2D eigenvalue weighted by molar-refractivity contribution is 8.37. The van der Waals surface area contributed by atoms with Crippen LogP contribution in [0.25, 0.3) is 0 Å². The largest absolute Gasteiger partial charge is 0.352 e. The second kappa shape index (κ2) is 8.42. The van der Waals surface area contributed by atoms with E-state index in [9.17, 15) is 0 Å². The van der Waals surface area contributed by atoms with E-state index in [0.717, 1.165) is 8.64 Å². The van der Waals surface area contributed by atoms with Crippen LogP contribution < -0.4 is 0 Å². The van der Waals surface area contributed by atoms with Gasteiger partial charge in [0, 0.05) is 24.2 Å². The van der Waals surface area contributed by atoms with E-state index in [1.807, 2.05) is 0 Å². The average molecular weight is 321 g/mol. The molecule has 0 saturated heterocycles. The molecule has 19 heavy (non-hydrogen) atoms. The predicted octanol–water partition coefficient (Wildman–Crippen LogP) is 4.53. The van der Waals surface area contributed by atoms with Gasteiger partial charge in [-0.05, 0) is 67.2 Å². The summed E-state index contributed by atoms with van der Waals surface area (Å²) in [5, 5.41) is 0. The summed E-state index contributed by atoms with van der Waals surface area (Å²) in [7, 11) is 0. The Morgan fingerprint density at radius 2 is 0.842 bits per heavy atom. The Balaban J connectivity index is 4.83. The van der Waals surface area contributed by atoms with Crippen molar-refractivity contribution in [2.24, 2.45) is 0 Å². The minimum atomic E-state index is 0.398. The van der Waals surface area contributed by atoms with Gasteiger partial charge in [0.1, 0.15) is 8.64 Å². The van der Waals surface area contributed by atoms with Gasteiger partial charge in [0.05, 0.1) is 0 Å². The van der Waals surface area contributed by atoms with E-state index in [1.54, 1.807) is 11.8 Å². The van der Waals surface area contributed by atoms with Crippen molar-refractivity contribution >= 4 is 44.8 Å². The van der Waals surface area contributed by atoms with Crippen LogP contribution in [0.3, 0.4) is 0 Å². The second-order valence-corrected chi connectivity index (χ2v) is 8.09. The van der Waals surface area contributed by atoms with E-state index < -0.39 is 0 Å². The zero-order chi connectivity index (χ0) is 15.3. The molecule has 0 aliphatic carbocycles. The molecule has 0 aromatic carbocycles. The van der Waals surface area contributed by atoms with E-state index >= 15 is 0 Å². The first-order valence-electron chi connectivity index (χ1n) is 6.92. The third-order valence-corrected chi connectivity index (χ3v) is 4.51. The molecular formula is C14H28N2S3. The lowest BCUT2D eigenvalue weighted by Crippen LogP contribution is -2.43. The summed E-state index contributed by atoms with van der Waals surface area (Å²) in [6.07, 6.45) is 0. The molecule has 0 aromatic heterocycles. The zero-order valence-corrected chi connectivity index (χ0v) is 15.9. The molecule has 0 atom stereocenters. The van der Waals surface area contributed by atoms with E-state index in [1.165, 1.54) is 0 Å². The standard InChI is InChI=1S/C14H28N2S3/c1-9(2)15(10(3)4)13(17)19-14(18)16(11(5)6)12(7)8/h9-12H,1-8H3. The number of hydrogen-bond acceptors (Lipinski definition) is 3. The first-order valence-corrected chi connectivity index (χ1v) is 8.55. The fraction of sp³-hybridized carbons (Fsp3) is 0.857. The Labute approximate surface area is 134 Å². The highest BCUT2D eigenvalue weighted by Crippen LogP contribution is 2.22. The monoisotopic (exact) mass is 320 g/mol. The molecule has 0 spiro atoms. The van der Waals surface area contributed by atoms with Crippen LogP contribution in [0.4, 0.5) is 0 Å². The van der Waals surface area contributed by atoms with Crippen LogP contribution in [0.5, 0.6) is 0 Å². The van der Waals surface area contributed by atoms with Crippen LogP contribution in [-0.2, 0) is 0 Å². The van der Waals surface area contributed by atoms with Crippen molar-refractivity contribution in [1.82, 2.24) is 9.80 Å². The summed E-state index contributed by atoms with van der Waals surface area (Å²) in [6.45, 7) is 17.3. The molecule has 0 aliphatic rings. The first-order chi connectivity index (χ1) is 8.59. The molecule has 0 fully saturated rings. The molecule has 2 nitrogen and oxygen atoms in total. The van der Waals surface area contributed by atoms with E-state index in [4.69, 9.17) is 24.4 Å². The molecule has 0 saturated carbocycles. The van der Waals surface area contributed by atoms with E-state index in [-0.39, 0.29) is 0 Å². The van der Waals surface area contributed by atoms with Gasteiger partial charge >= 0.3 is 0 Å². The molecule has 0 radical (unpaired) electrons. The van der Waals surface area contributed by atoms with Crippen LogP contribution in [-0.4, -0.2) is 42.6 Å². The smallest absolute Gasteiger partial charge is 0.143 e. The number of nitrogens with zero attached hydrogens (tertiary/aromatic N) is 2. The third kappa shape index (κ3) is 5.96. The van der Waals surface area contributed by atoms with Crippen molar-refractivity contribution in [3.8, 4) is 0 Å². The summed E-state index contributed by atoms with van der Waals surface area (Å²) < 4.78 is 1.75. The molecule has 0 aliphatic heterocycles. The molecule has 0 aromatic rings. The van der Waals surface area contributed by atoms with Crippen LogP contribution in [0.2, 0.25) is 0 Å². The van der Waals surface area contributed by atoms with Crippen molar-refractivity contribution in [1.29, 1.82) is 0 Å². The molecule has 0 amide bonds. The maximum absolute atomic E-state index is 5.57. The molecule has 112 valence electrons. The molecule has 0 rings (SSSR count). The highest BCUT2D eigenvalue weighted by atomic mass is 32.2. The lowest BCUT2D eigenvalue weighted by Gasteiger charge is -2.36. The van der Waals surface area contributed by atoms with Gasteiger partial charge in [-0.1, -0.05) is 24.4 Å². The molecule has 0 N–H and O–H groups in total. The lowest BCUT2D eigenvalue weighted by atomic mass is 10.2. The van der Waals surface area contributed by atoms with E-state index in [0.29, 0.717) is 24.2 Å². The Bertz CT molecular complexity index is 266. The molecule has 0 unspecified atom stereocenters. The minimum absolute atomic E-state index is 0.398. The first kappa shape index (κ1) is 19.1. The Morgan fingerprint density at radius 3 is 1.00 bits per heavy atom. The summed E-state index contributed by atoms with van der Waals surface area (Å²) in [5.74, 6) is 0. The van der Waals surface area contributed by atoms with Gasteiger partial charge in [-0.15, -0.1) is 0 Å². The van der Waals surface area contributed by atoms with Gasteiger partial charge in [0.15, 0.2) is 0 Å². The van der Waals surface area contributed by atoms with Crippen molar-refractivity contribution < 1.29 is 0 Å².